The van der Waals surface area contributed by atoms with Crippen molar-refractivity contribution in [1.82, 2.24) is 4.90 Å². The highest BCUT2D eigenvalue weighted by molar-refractivity contribution is 5.82. The zero-order valence-corrected chi connectivity index (χ0v) is 10.3. The maximum atomic E-state index is 12.6. The fraction of sp³-hybridized carbons (Fsp3) is 0.818. The number of carboxylic acid groups (broad SMARTS) is 1. The molecule has 0 aromatic carbocycles. The van der Waals surface area contributed by atoms with Gasteiger partial charge in [0.1, 0.15) is 0 Å². The molecule has 0 aliphatic carbocycles. The lowest BCUT2D eigenvalue weighted by Gasteiger charge is -2.35. The Morgan fingerprint density at radius 1 is 1.42 bits per heavy atom. The van der Waals surface area contributed by atoms with Gasteiger partial charge in [0.05, 0.1) is 12.0 Å². The van der Waals surface area contributed by atoms with Gasteiger partial charge >= 0.3 is 12.1 Å². The Kier molecular flexibility index (Phi) is 5.16. The van der Waals surface area contributed by atoms with Gasteiger partial charge < -0.3 is 15.7 Å². The molecular weight excluding hydrogens is 265 g/mol. The normalized spacial score (nSPS) is 22.1. The van der Waals surface area contributed by atoms with Crippen molar-refractivity contribution >= 4 is 11.9 Å². The first kappa shape index (κ1) is 15.7. The monoisotopic (exact) mass is 282 g/mol. The van der Waals surface area contributed by atoms with Gasteiger partial charge in [-0.2, -0.15) is 13.2 Å². The van der Waals surface area contributed by atoms with Crippen molar-refractivity contribution in [1.29, 1.82) is 0 Å². The van der Waals surface area contributed by atoms with E-state index in [2.05, 4.69) is 0 Å². The second-order valence-corrected chi connectivity index (χ2v) is 4.70. The molecule has 0 aromatic heterocycles. The number of carbonyl (C=O) groups excluding carboxylic acids is 1. The zero-order chi connectivity index (χ0) is 14.6. The van der Waals surface area contributed by atoms with Gasteiger partial charge in [0, 0.05) is 19.5 Å². The van der Waals surface area contributed by atoms with Gasteiger partial charge in [-0.25, -0.2) is 0 Å². The number of halogens is 3. The molecule has 2 atom stereocenters. The van der Waals surface area contributed by atoms with Gasteiger partial charge in [-0.3, -0.25) is 9.59 Å². The van der Waals surface area contributed by atoms with Gasteiger partial charge in [0.2, 0.25) is 5.91 Å². The zero-order valence-electron chi connectivity index (χ0n) is 10.3. The first-order chi connectivity index (χ1) is 8.71. The Labute approximate surface area is 108 Å². The molecule has 2 unspecified atom stereocenters. The summed E-state index contributed by atoms with van der Waals surface area (Å²) < 4.78 is 37.8. The number of hydrogen-bond acceptors (Lipinski definition) is 3. The molecule has 1 saturated heterocycles. The maximum absolute atomic E-state index is 12.6. The molecule has 0 aromatic rings. The molecule has 110 valence electrons. The standard InChI is InChI=1S/C11H17F3N2O3/c12-11(13,14)7-2-1-5-16(6-7)10(19)8(15)3-4-9(17)18/h7-8H,1-6,15H2,(H,17,18). The third-order valence-corrected chi connectivity index (χ3v) is 3.18. The van der Waals surface area contributed by atoms with Gasteiger partial charge in [0.25, 0.3) is 0 Å². The van der Waals surface area contributed by atoms with Gasteiger partial charge in [-0.05, 0) is 19.3 Å². The molecule has 1 aliphatic rings. The van der Waals surface area contributed by atoms with E-state index in [9.17, 15) is 22.8 Å². The van der Waals surface area contributed by atoms with E-state index in [1.165, 1.54) is 0 Å². The number of carbonyl (C=O) groups is 2. The number of rotatable bonds is 4. The van der Waals surface area contributed by atoms with Crippen LogP contribution in [0.5, 0.6) is 0 Å². The van der Waals surface area contributed by atoms with Crippen molar-refractivity contribution in [2.24, 2.45) is 11.7 Å². The lowest BCUT2D eigenvalue weighted by molar-refractivity contribution is -0.188. The second-order valence-electron chi connectivity index (χ2n) is 4.70. The van der Waals surface area contributed by atoms with Crippen LogP contribution >= 0.6 is 0 Å². The number of amides is 1. The number of nitrogens with zero attached hydrogens (tertiary/aromatic N) is 1. The van der Waals surface area contributed by atoms with E-state index in [-0.39, 0.29) is 38.8 Å². The first-order valence-corrected chi connectivity index (χ1v) is 6.04. The van der Waals surface area contributed by atoms with E-state index in [1.807, 2.05) is 0 Å². The lowest BCUT2D eigenvalue weighted by atomic mass is 9.96. The molecule has 1 amide bonds. The van der Waals surface area contributed by atoms with E-state index < -0.39 is 30.0 Å². The molecule has 1 heterocycles. The lowest BCUT2D eigenvalue weighted by Crippen LogP contribution is -2.50. The predicted molar refractivity (Wildman–Crippen MR) is 60.2 cm³/mol. The molecule has 1 aliphatic heterocycles. The summed E-state index contributed by atoms with van der Waals surface area (Å²) in [6.07, 6.45) is -4.37. The summed E-state index contributed by atoms with van der Waals surface area (Å²) in [6, 6.07) is -1.05. The highest BCUT2D eigenvalue weighted by Gasteiger charge is 2.43. The van der Waals surface area contributed by atoms with Crippen LogP contribution in [-0.4, -0.2) is 47.2 Å². The van der Waals surface area contributed by atoms with Crippen molar-refractivity contribution in [2.45, 2.75) is 37.9 Å². The third-order valence-electron chi connectivity index (χ3n) is 3.18. The van der Waals surface area contributed by atoms with E-state index in [1.54, 1.807) is 0 Å². The van der Waals surface area contributed by atoms with Gasteiger partial charge in [-0.1, -0.05) is 0 Å². The minimum Gasteiger partial charge on any atom is -0.481 e. The molecule has 8 heteroatoms. The van der Waals surface area contributed by atoms with E-state index in [4.69, 9.17) is 10.8 Å². The number of hydrogen-bond donors (Lipinski definition) is 2. The molecule has 0 bridgehead atoms. The molecule has 19 heavy (non-hydrogen) atoms. The molecule has 3 N–H and O–H groups in total. The van der Waals surface area contributed by atoms with Crippen LogP contribution in [0, 0.1) is 5.92 Å². The summed E-state index contributed by atoms with van der Waals surface area (Å²) >= 11 is 0. The fourth-order valence-electron chi connectivity index (χ4n) is 2.08. The number of carboxylic acids is 1. The summed E-state index contributed by atoms with van der Waals surface area (Å²) in [5.41, 5.74) is 5.52. The summed E-state index contributed by atoms with van der Waals surface area (Å²) in [5, 5.41) is 8.47. The quantitative estimate of drug-likeness (QED) is 0.805. The minimum atomic E-state index is -4.32. The summed E-state index contributed by atoms with van der Waals surface area (Å²) in [6.45, 7) is -0.144. The predicted octanol–water partition coefficient (Wildman–Crippen LogP) is 0.979. The molecule has 0 radical (unpaired) electrons. The van der Waals surface area contributed by atoms with Crippen LogP contribution in [0.4, 0.5) is 13.2 Å². The molecule has 0 spiro atoms. The summed E-state index contributed by atoms with van der Waals surface area (Å²) in [7, 11) is 0. The van der Waals surface area contributed by atoms with Crippen molar-refractivity contribution in [2.75, 3.05) is 13.1 Å². The van der Waals surface area contributed by atoms with E-state index in [0.29, 0.717) is 0 Å². The van der Waals surface area contributed by atoms with Crippen LogP contribution in [0.15, 0.2) is 0 Å². The van der Waals surface area contributed by atoms with Crippen molar-refractivity contribution in [3.8, 4) is 0 Å². The van der Waals surface area contributed by atoms with Crippen LogP contribution in [0.1, 0.15) is 25.7 Å². The molecule has 1 fully saturated rings. The van der Waals surface area contributed by atoms with E-state index in [0.717, 1.165) is 4.90 Å². The van der Waals surface area contributed by atoms with Crippen LogP contribution in [0.25, 0.3) is 0 Å². The van der Waals surface area contributed by atoms with Crippen LogP contribution in [-0.2, 0) is 9.59 Å². The smallest absolute Gasteiger partial charge is 0.393 e. The minimum absolute atomic E-state index is 0.0116. The number of piperidine rings is 1. The fourth-order valence-corrected chi connectivity index (χ4v) is 2.08. The summed E-state index contributed by atoms with van der Waals surface area (Å²) in [4.78, 5) is 23.3. The van der Waals surface area contributed by atoms with Crippen LogP contribution in [0.3, 0.4) is 0 Å². The Morgan fingerprint density at radius 3 is 2.58 bits per heavy atom. The molecule has 1 rings (SSSR count). The Bertz CT molecular complexity index is 347. The first-order valence-electron chi connectivity index (χ1n) is 6.04. The molecule has 0 saturated carbocycles. The summed E-state index contributed by atoms with van der Waals surface area (Å²) in [5.74, 6) is -3.21. The average Bonchev–Trinajstić information content (AvgIpc) is 2.34. The average molecular weight is 282 g/mol. The Morgan fingerprint density at radius 2 is 2.05 bits per heavy atom. The Balaban J connectivity index is 2.54. The SMILES string of the molecule is NC(CCC(=O)O)C(=O)N1CCCC(C(F)(F)F)C1. The second kappa shape index (κ2) is 6.23. The van der Waals surface area contributed by atoms with Crippen LogP contribution < -0.4 is 5.73 Å². The number of nitrogens with two attached hydrogens (primary N) is 1. The molecule has 5 nitrogen and oxygen atoms in total. The van der Waals surface area contributed by atoms with Crippen molar-refractivity contribution < 1.29 is 27.9 Å². The van der Waals surface area contributed by atoms with Crippen molar-refractivity contribution in [3.05, 3.63) is 0 Å². The number of likely N-dealkylation sites (tertiary alicyclic amines) is 1. The Hall–Kier alpha value is -1.31. The van der Waals surface area contributed by atoms with E-state index >= 15 is 0 Å². The number of alkyl halides is 3. The maximum Gasteiger partial charge on any atom is 0.393 e. The van der Waals surface area contributed by atoms with Crippen molar-refractivity contribution in [3.63, 3.8) is 0 Å². The van der Waals surface area contributed by atoms with Gasteiger partial charge in [-0.15, -0.1) is 0 Å². The van der Waals surface area contributed by atoms with Gasteiger partial charge in [0.15, 0.2) is 0 Å². The number of aliphatic carboxylic acids is 1. The van der Waals surface area contributed by atoms with Crippen LogP contribution in [0.2, 0.25) is 0 Å². The highest BCUT2D eigenvalue weighted by atomic mass is 19.4. The topological polar surface area (TPSA) is 83.6 Å². The highest BCUT2D eigenvalue weighted by Crippen LogP contribution is 2.33. The third kappa shape index (κ3) is 4.70. The molecular formula is C11H17F3N2O3. The largest absolute Gasteiger partial charge is 0.481 e.